The first-order valence-corrected chi connectivity index (χ1v) is 17.2. The number of esters is 3. The first kappa shape index (κ1) is 36.8. The van der Waals surface area contributed by atoms with E-state index in [0.29, 0.717) is 5.56 Å². The van der Waals surface area contributed by atoms with Crippen LogP contribution in [0.25, 0.3) is 0 Å². The number of rotatable bonds is 7. The molecule has 3 aliphatic carbocycles. The summed E-state index contributed by atoms with van der Waals surface area (Å²) in [6.07, 6.45) is -8.00. The fourth-order valence-electron chi connectivity index (χ4n) is 9.30. The van der Waals surface area contributed by atoms with Gasteiger partial charge in [-0.25, -0.2) is 9.59 Å². The summed E-state index contributed by atoms with van der Waals surface area (Å²) in [4.78, 5) is 69.5. The zero-order chi connectivity index (χ0) is 37.3. The number of fused-ring (bicyclic) bond motifs is 5. The van der Waals surface area contributed by atoms with Crippen LogP contribution in [0.2, 0.25) is 0 Å². The van der Waals surface area contributed by atoms with Crippen LogP contribution in [0.5, 0.6) is 0 Å². The Labute approximate surface area is 295 Å². The van der Waals surface area contributed by atoms with Crippen molar-refractivity contribution in [3.63, 3.8) is 0 Å². The molecule has 0 radical (unpaired) electrons. The number of nitrogens with two attached hydrogens (primary N) is 1. The first-order chi connectivity index (χ1) is 23.9. The third-order valence-electron chi connectivity index (χ3n) is 12.3. The molecule has 1 heterocycles. The zero-order valence-corrected chi connectivity index (χ0v) is 29.2. The number of Topliss-reactive ketones (excluding diaryl/α,β-unsaturated/α-hetero) is 2. The maximum Gasteiger partial charge on any atom is 0.338 e. The Morgan fingerprint density at radius 2 is 1.59 bits per heavy atom. The molecule has 13 heteroatoms. The van der Waals surface area contributed by atoms with E-state index >= 15 is 0 Å². The van der Waals surface area contributed by atoms with E-state index in [0.717, 1.165) is 6.92 Å². The quantitative estimate of drug-likeness (QED) is 0.184. The van der Waals surface area contributed by atoms with Crippen molar-refractivity contribution in [2.45, 2.75) is 95.2 Å². The number of carbonyl (C=O) groups is 5. The molecule has 0 aromatic heterocycles. The minimum atomic E-state index is -2.28. The number of ether oxygens (including phenoxy) is 4. The highest BCUT2D eigenvalue weighted by Crippen LogP contribution is 2.64. The number of aliphatic hydroxyl groups is 3. The molecule has 2 bridgehead atoms. The Hall–Kier alpha value is -4.01. The molecule has 13 nitrogen and oxygen atoms in total. The van der Waals surface area contributed by atoms with E-state index in [-0.39, 0.29) is 18.6 Å². The molecule has 1 aliphatic heterocycles. The molecule has 12 atom stereocenters. The number of hydrogen-bond donors (Lipinski definition) is 4. The van der Waals surface area contributed by atoms with Crippen molar-refractivity contribution in [2.75, 3.05) is 6.61 Å². The summed E-state index contributed by atoms with van der Waals surface area (Å²) in [5, 5.41) is 35.9. The molecule has 4 aliphatic rings. The summed E-state index contributed by atoms with van der Waals surface area (Å²) >= 11 is 0. The van der Waals surface area contributed by atoms with E-state index in [1.54, 1.807) is 69.3 Å². The SMILES string of the molecule is CC(=O)O[C@@]12CO[C@@H]1C[C@H](O)[C@@]1(C)C(=O)C(=O)C3C(C)[C@@H](OC(=O)[C@H](O)[C@@H](N)c4ccccc4)C[C@@](O)([C@@H](OC(=O)c4ccccc4)C12)C3(C)C. The van der Waals surface area contributed by atoms with Crippen LogP contribution in [-0.4, -0.2) is 93.1 Å². The maximum atomic E-state index is 14.7. The molecule has 51 heavy (non-hydrogen) atoms. The molecule has 6 rings (SSSR count). The number of benzene rings is 2. The van der Waals surface area contributed by atoms with Crippen molar-refractivity contribution in [2.24, 2.45) is 34.3 Å². The Bertz CT molecular complexity index is 1720. The normalized spacial score (nSPS) is 37.9. The van der Waals surface area contributed by atoms with E-state index in [4.69, 9.17) is 24.7 Å². The predicted molar refractivity (Wildman–Crippen MR) is 177 cm³/mol. The fraction of sp³-hybridized carbons (Fsp3) is 0.553. The van der Waals surface area contributed by atoms with Crippen LogP contribution in [0.3, 0.4) is 0 Å². The second-order valence-electron chi connectivity index (χ2n) is 15.3. The third-order valence-corrected chi connectivity index (χ3v) is 12.3. The number of aliphatic hydroxyl groups excluding tert-OH is 2. The third kappa shape index (κ3) is 5.52. The van der Waals surface area contributed by atoms with Crippen LogP contribution in [0, 0.1) is 28.6 Å². The van der Waals surface area contributed by atoms with Gasteiger partial charge in [-0.3, -0.25) is 14.4 Å². The van der Waals surface area contributed by atoms with Crippen molar-refractivity contribution in [1.82, 2.24) is 0 Å². The van der Waals surface area contributed by atoms with Gasteiger partial charge in [0, 0.05) is 37.0 Å². The van der Waals surface area contributed by atoms with E-state index < -0.39 is 112 Å². The van der Waals surface area contributed by atoms with Gasteiger partial charge in [0.05, 0.1) is 35.6 Å². The highest BCUT2D eigenvalue weighted by Gasteiger charge is 2.79. The van der Waals surface area contributed by atoms with Gasteiger partial charge in [-0.15, -0.1) is 0 Å². The molecular formula is C38H45NO12. The first-order valence-electron chi connectivity index (χ1n) is 17.2. The molecule has 4 fully saturated rings. The largest absolute Gasteiger partial charge is 0.460 e. The van der Waals surface area contributed by atoms with Crippen molar-refractivity contribution < 1.29 is 58.2 Å². The smallest absolute Gasteiger partial charge is 0.338 e. The van der Waals surface area contributed by atoms with E-state index in [2.05, 4.69) is 0 Å². The van der Waals surface area contributed by atoms with Gasteiger partial charge in [0.15, 0.2) is 11.7 Å². The lowest BCUT2D eigenvalue weighted by atomic mass is 9.42. The topological polar surface area (TPSA) is 209 Å². The van der Waals surface area contributed by atoms with Crippen molar-refractivity contribution in [1.29, 1.82) is 0 Å². The molecule has 2 aromatic carbocycles. The van der Waals surface area contributed by atoms with Crippen LogP contribution < -0.4 is 5.73 Å². The monoisotopic (exact) mass is 707 g/mol. The Morgan fingerprint density at radius 1 is 0.980 bits per heavy atom. The van der Waals surface area contributed by atoms with Crippen LogP contribution in [0.15, 0.2) is 60.7 Å². The highest BCUT2D eigenvalue weighted by atomic mass is 16.6. The van der Waals surface area contributed by atoms with Gasteiger partial charge in [-0.05, 0) is 24.6 Å². The Morgan fingerprint density at radius 3 is 2.16 bits per heavy atom. The lowest BCUT2D eigenvalue weighted by molar-refractivity contribution is -0.350. The van der Waals surface area contributed by atoms with Gasteiger partial charge >= 0.3 is 17.9 Å². The zero-order valence-electron chi connectivity index (χ0n) is 29.2. The van der Waals surface area contributed by atoms with Gasteiger partial charge in [0.25, 0.3) is 0 Å². The van der Waals surface area contributed by atoms with Crippen LogP contribution in [0.1, 0.15) is 69.4 Å². The molecule has 3 unspecified atom stereocenters. The van der Waals surface area contributed by atoms with Gasteiger partial charge in [0.2, 0.25) is 11.6 Å². The van der Waals surface area contributed by atoms with Gasteiger partial charge in [-0.2, -0.15) is 0 Å². The average molecular weight is 708 g/mol. The molecule has 0 spiro atoms. The Balaban J connectivity index is 1.51. The summed E-state index contributed by atoms with van der Waals surface area (Å²) in [6.45, 7) is 6.98. The lowest BCUT2D eigenvalue weighted by Gasteiger charge is -2.67. The summed E-state index contributed by atoms with van der Waals surface area (Å²) in [7, 11) is 0. The fourth-order valence-corrected chi connectivity index (χ4v) is 9.30. The molecule has 1 saturated heterocycles. The minimum absolute atomic E-state index is 0.103. The summed E-state index contributed by atoms with van der Waals surface area (Å²) < 4.78 is 23.9. The second kappa shape index (κ2) is 12.9. The molecule has 2 aromatic rings. The molecular weight excluding hydrogens is 662 g/mol. The van der Waals surface area contributed by atoms with Crippen molar-refractivity contribution >= 4 is 29.5 Å². The average Bonchev–Trinajstić information content (AvgIpc) is 3.09. The van der Waals surface area contributed by atoms with Gasteiger partial charge < -0.3 is 40.0 Å². The summed E-state index contributed by atoms with van der Waals surface area (Å²) in [6, 6.07) is 15.1. The van der Waals surface area contributed by atoms with Gasteiger partial charge in [0.1, 0.15) is 23.9 Å². The second-order valence-corrected chi connectivity index (χ2v) is 15.3. The van der Waals surface area contributed by atoms with E-state index in [1.807, 2.05) is 0 Å². The van der Waals surface area contributed by atoms with E-state index in [9.17, 15) is 39.3 Å². The number of hydrogen-bond acceptors (Lipinski definition) is 13. The Kier molecular flexibility index (Phi) is 9.29. The van der Waals surface area contributed by atoms with E-state index in [1.165, 1.54) is 19.1 Å². The summed E-state index contributed by atoms with van der Waals surface area (Å²) in [5.41, 5.74) is -0.788. The number of ketones is 2. The maximum absolute atomic E-state index is 14.7. The predicted octanol–water partition coefficient (Wildman–Crippen LogP) is 1.84. The lowest BCUT2D eigenvalue weighted by Crippen LogP contribution is -2.82. The van der Waals surface area contributed by atoms with Crippen molar-refractivity contribution in [3.05, 3.63) is 71.8 Å². The minimum Gasteiger partial charge on any atom is -0.460 e. The van der Waals surface area contributed by atoms with Crippen LogP contribution in [-0.2, 0) is 38.1 Å². The molecule has 5 N–H and O–H groups in total. The number of carbonyl (C=O) groups excluding carboxylic acids is 5. The molecule has 3 saturated carbocycles. The molecule has 274 valence electrons. The summed E-state index contributed by atoms with van der Waals surface area (Å²) in [5.74, 6) is -8.47. The highest BCUT2D eigenvalue weighted by molar-refractivity contribution is 6.40. The van der Waals surface area contributed by atoms with Crippen LogP contribution >= 0.6 is 0 Å². The van der Waals surface area contributed by atoms with Crippen molar-refractivity contribution in [3.8, 4) is 0 Å². The standard InChI is InChI=1S/C38H45NO12/c1-19-23(49-34(46)29(43)27(39)21-12-8-6-9-13-21)17-38(47)32(50-33(45)22-14-10-7-11-15-22)30-36(5,31(44)28(42)26(19)35(38,3)4)24(41)16-25-37(30,18-48-25)51-20(2)40/h6-15,19,23-27,29-30,32,41,43,47H,16-18,39H2,1-5H3/t19?,23-,24-,25+,26?,27-,29+,30?,32-,36+,37-,38+/m0/s1. The van der Waals surface area contributed by atoms with Gasteiger partial charge in [-0.1, -0.05) is 69.3 Å². The van der Waals surface area contributed by atoms with Crippen LogP contribution in [0.4, 0.5) is 0 Å². The molecule has 0 amide bonds.